The van der Waals surface area contributed by atoms with Gasteiger partial charge in [-0.2, -0.15) is 0 Å². The molecule has 3 rings (SSSR count). The molecule has 27 heavy (non-hydrogen) atoms. The fourth-order valence-corrected chi connectivity index (χ4v) is 3.34. The number of unbranched alkanes of at least 4 members (excludes halogenated alkanes) is 1. The van der Waals surface area contributed by atoms with E-state index < -0.39 is 5.60 Å². The average molecular weight is 363 g/mol. The summed E-state index contributed by atoms with van der Waals surface area (Å²) in [7, 11) is 0. The minimum Gasteiger partial charge on any atom is -0.385 e. The fraction of sp³-hybridized carbons (Fsp3) is 0.304. The average Bonchev–Trinajstić information content (AvgIpc) is 2.92. The second kappa shape index (κ2) is 7.89. The SMILES string of the molecule is CCCCC(C)(O)c1cccc(C=CCN2C(=O)c3ccccc3C2=O)c1. The van der Waals surface area contributed by atoms with E-state index in [0.29, 0.717) is 17.5 Å². The van der Waals surface area contributed by atoms with Crippen molar-refractivity contribution in [2.45, 2.75) is 38.7 Å². The third kappa shape index (κ3) is 4.01. The highest BCUT2D eigenvalue weighted by atomic mass is 16.3. The van der Waals surface area contributed by atoms with Crippen LogP contribution in [0.4, 0.5) is 0 Å². The molecule has 0 aromatic heterocycles. The summed E-state index contributed by atoms with van der Waals surface area (Å²) in [6.45, 7) is 4.17. The molecule has 0 saturated heterocycles. The summed E-state index contributed by atoms with van der Waals surface area (Å²) >= 11 is 0. The first-order valence-corrected chi connectivity index (χ1v) is 9.38. The number of hydrogen-bond donors (Lipinski definition) is 1. The highest BCUT2D eigenvalue weighted by molar-refractivity contribution is 6.21. The van der Waals surface area contributed by atoms with Crippen molar-refractivity contribution in [3.8, 4) is 0 Å². The lowest BCUT2D eigenvalue weighted by Gasteiger charge is -2.24. The van der Waals surface area contributed by atoms with Crippen molar-refractivity contribution in [2.24, 2.45) is 0 Å². The van der Waals surface area contributed by atoms with Crippen LogP contribution in [0.5, 0.6) is 0 Å². The van der Waals surface area contributed by atoms with Gasteiger partial charge in [0.05, 0.1) is 16.7 Å². The van der Waals surface area contributed by atoms with Gasteiger partial charge in [0.1, 0.15) is 0 Å². The molecule has 1 aliphatic rings. The van der Waals surface area contributed by atoms with Crippen LogP contribution >= 0.6 is 0 Å². The Morgan fingerprint density at radius 2 is 1.70 bits per heavy atom. The molecule has 2 aromatic carbocycles. The van der Waals surface area contributed by atoms with Gasteiger partial charge < -0.3 is 5.11 Å². The van der Waals surface area contributed by atoms with Crippen molar-refractivity contribution in [3.05, 3.63) is 76.9 Å². The lowest BCUT2D eigenvalue weighted by atomic mass is 9.89. The van der Waals surface area contributed by atoms with Gasteiger partial charge in [-0.1, -0.05) is 62.2 Å². The lowest BCUT2D eigenvalue weighted by molar-refractivity contribution is 0.0453. The lowest BCUT2D eigenvalue weighted by Crippen LogP contribution is -2.29. The number of fused-ring (bicyclic) bond motifs is 1. The summed E-state index contributed by atoms with van der Waals surface area (Å²) in [5.74, 6) is -0.506. The highest BCUT2D eigenvalue weighted by Crippen LogP contribution is 2.27. The van der Waals surface area contributed by atoms with E-state index in [1.807, 2.05) is 43.3 Å². The molecule has 1 N–H and O–H groups in total. The topological polar surface area (TPSA) is 57.6 Å². The quantitative estimate of drug-likeness (QED) is 0.742. The molecule has 1 aliphatic heterocycles. The highest BCUT2D eigenvalue weighted by Gasteiger charge is 2.34. The van der Waals surface area contributed by atoms with Crippen LogP contribution < -0.4 is 0 Å². The number of nitrogens with zero attached hydrogens (tertiary/aromatic N) is 1. The summed E-state index contributed by atoms with van der Waals surface area (Å²) < 4.78 is 0. The van der Waals surface area contributed by atoms with E-state index in [1.54, 1.807) is 24.3 Å². The Labute approximate surface area is 160 Å². The molecule has 0 saturated carbocycles. The normalized spacial score (nSPS) is 16.0. The minimum absolute atomic E-state index is 0.225. The van der Waals surface area contributed by atoms with Crippen molar-refractivity contribution in [3.63, 3.8) is 0 Å². The van der Waals surface area contributed by atoms with E-state index in [4.69, 9.17) is 0 Å². The minimum atomic E-state index is -0.859. The molecular formula is C23H25NO3. The van der Waals surface area contributed by atoms with Gasteiger partial charge in [0.2, 0.25) is 0 Å². The van der Waals surface area contributed by atoms with Crippen molar-refractivity contribution in [1.82, 2.24) is 4.90 Å². The number of hydrogen-bond acceptors (Lipinski definition) is 3. The van der Waals surface area contributed by atoms with Crippen LogP contribution in [0.3, 0.4) is 0 Å². The largest absolute Gasteiger partial charge is 0.385 e. The van der Waals surface area contributed by atoms with Gasteiger partial charge in [0, 0.05) is 6.54 Å². The molecule has 1 atom stereocenters. The summed E-state index contributed by atoms with van der Waals surface area (Å²) in [4.78, 5) is 26.0. The molecule has 0 spiro atoms. The monoisotopic (exact) mass is 363 g/mol. The Morgan fingerprint density at radius 3 is 2.33 bits per heavy atom. The predicted molar refractivity (Wildman–Crippen MR) is 106 cm³/mol. The predicted octanol–water partition coefficient (Wildman–Crippen LogP) is 4.39. The van der Waals surface area contributed by atoms with E-state index in [9.17, 15) is 14.7 Å². The Bertz CT molecular complexity index is 848. The van der Waals surface area contributed by atoms with Crippen molar-refractivity contribution in [2.75, 3.05) is 6.54 Å². The standard InChI is InChI=1S/C23H25NO3/c1-3-4-14-23(2,27)18-11-7-9-17(16-18)10-8-15-24-21(25)19-12-5-6-13-20(19)22(24)26/h5-13,16,27H,3-4,14-15H2,1-2H3. The maximum atomic E-state index is 12.4. The molecule has 2 amide bonds. The van der Waals surface area contributed by atoms with Gasteiger partial charge in [-0.3, -0.25) is 14.5 Å². The summed E-state index contributed by atoms with van der Waals surface area (Å²) in [5, 5.41) is 10.7. The fourth-order valence-electron chi connectivity index (χ4n) is 3.34. The van der Waals surface area contributed by atoms with Gasteiger partial charge >= 0.3 is 0 Å². The third-order valence-electron chi connectivity index (χ3n) is 5.00. The second-order valence-corrected chi connectivity index (χ2v) is 7.17. The van der Waals surface area contributed by atoms with Crippen LogP contribution in [0.15, 0.2) is 54.6 Å². The van der Waals surface area contributed by atoms with Crippen LogP contribution in [-0.2, 0) is 5.60 Å². The number of amides is 2. The van der Waals surface area contributed by atoms with E-state index in [2.05, 4.69) is 6.92 Å². The molecule has 1 unspecified atom stereocenters. The molecule has 0 fully saturated rings. The first-order chi connectivity index (χ1) is 12.9. The van der Waals surface area contributed by atoms with Crippen LogP contribution in [0, 0.1) is 0 Å². The molecule has 4 heteroatoms. The number of benzene rings is 2. The Hall–Kier alpha value is -2.72. The summed E-state index contributed by atoms with van der Waals surface area (Å²) in [6.07, 6.45) is 6.40. The number of carbonyl (C=O) groups excluding carboxylic acids is 2. The van der Waals surface area contributed by atoms with E-state index in [-0.39, 0.29) is 18.4 Å². The number of imide groups is 1. The maximum absolute atomic E-state index is 12.4. The van der Waals surface area contributed by atoms with Crippen LogP contribution in [0.25, 0.3) is 6.08 Å². The molecule has 0 bridgehead atoms. The molecular weight excluding hydrogens is 338 g/mol. The Balaban J connectivity index is 1.70. The van der Waals surface area contributed by atoms with E-state index in [0.717, 1.165) is 24.0 Å². The van der Waals surface area contributed by atoms with Crippen LogP contribution in [0.2, 0.25) is 0 Å². The Morgan fingerprint density at radius 1 is 1.04 bits per heavy atom. The second-order valence-electron chi connectivity index (χ2n) is 7.17. The van der Waals surface area contributed by atoms with E-state index in [1.165, 1.54) is 4.90 Å². The van der Waals surface area contributed by atoms with E-state index >= 15 is 0 Å². The van der Waals surface area contributed by atoms with Gasteiger partial charge in [0.15, 0.2) is 0 Å². The van der Waals surface area contributed by atoms with Crippen molar-refractivity contribution in [1.29, 1.82) is 0 Å². The maximum Gasteiger partial charge on any atom is 0.261 e. The van der Waals surface area contributed by atoms with Crippen LogP contribution in [0.1, 0.15) is 65.0 Å². The van der Waals surface area contributed by atoms with Crippen molar-refractivity contribution >= 4 is 17.9 Å². The zero-order chi connectivity index (χ0) is 19.4. The molecule has 2 aromatic rings. The number of aliphatic hydroxyl groups is 1. The third-order valence-corrected chi connectivity index (χ3v) is 5.00. The first kappa shape index (κ1) is 19.1. The van der Waals surface area contributed by atoms with Gasteiger partial charge in [-0.15, -0.1) is 0 Å². The summed E-state index contributed by atoms with van der Waals surface area (Å²) in [5.41, 5.74) is 1.87. The smallest absolute Gasteiger partial charge is 0.261 e. The summed E-state index contributed by atoms with van der Waals surface area (Å²) in [6, 6.07) is 14.6. The zero-order valence-corrected chi connectivity index (χ0v) is 15.8. The molecule has 140 valence electrons. The first-order valence-electron chi connectivity index (χ1n) is 9.38. The molecule has 1 heterocycles. The van der Waals surface area contributed by atoms with Gasteiger partial charge in [-0.25, -0.2) is 0 Å². The zero-order valence-electron chi connectivity index (χ0n) is 15.8. The molecule has 0 aliphatic carbocycles. The number of carbonyl (C=O) groups is 2. The number of rotatable bonds is 7. The van der Waals surface area contributed by atoms with Gasteiger partial charge in [-0.05, 0) is 42.7 Å². The molecule has 4 nitrogen and oxygen atoms in total. The molecule has 0 radical (unpaired) electrons. The van der Waals surface area contributed by atoms with Crippen molar-refractivity contribution < 1.29 is 14.7 Å². The van der Waals surface area contributed by atoms with Gasteiger partial charge in [0.25, 0.3) is 11.8 Å². The Kier molecular flexibility index (Phi) is 5.57. The van der Waals surface area contributed by atoms with Crippen LogP contribution in [-0.4, -0.2) is 28.4 Å².